The molecule has 3 nitrogen and oxygen atoms in total. The maximum Gasteiger partial charge on any atom is 0.261 e. The predicted molar refractivity (Wildman–Crippen MR) is 80.8 cm³/mol. The van der Waals surface area contributed by atoms with Gasteiger partial charge in [0.25, 0.3) is 5.91 Å². The molecule has 0 aromatic carbocycles. The van der Waals surface area contributed by atoms with Crippen LogP contribution in [0.1, 0.15) is 34.3 Å². The van der Waals surface area contributed by atoms with E-state index in [2.05, 4.69) is 23.7 Å². The van der Waals surface area contributed by atoms with Crippen molar-refractivity contribution in [1.29, 1.82) is 0 Å². The van der Waals surface area contributed by atoms with E-state index in [1.54, 1.807) is 11.3 Å². The summed E-state index contributed by atoms with van der Waals surface area (Å²) >= 11 is 1.56. The van der Waals surface area contributed by atoms with Gasteiger partial charge in [0.2, 0.25) is 0 Å². The lowest BCUT2D eigenvalue weighted by atomic mass is 10.0. The molecule has 1 aromatic rings. The summed E-state index contributed by atoms with van der Waals surface area (Å²) < 4.78 is 0. The zero-order valence-electron chi connectivity index (χ0n) is 11.7. The summed E-state index contributed by atoms with van der Waals surface area (Å²) in [7, 11) is 0. The molecule has 2 heterocycles. The first-order chi connectivity index (χ1) is 9.04. The highest BCUT2D eigenvalue weighted by Gasteiger charge is 2.21. The largest absolute Gasteiger partial charge is 0.349 e. The third kappa shape index (κ3) is 4.18. The van der Waals surface area contributed by atoms with Gasteiger partial charge in [-0.15, -0.1) is 11.3 Å². The molecule has 4 heteroatoms. The van der Waals surface area contributed by atoms with Gasteiger partial charge < -0.3 is 5.32 Å². The number of carbonyl (C=O) groups excluding carboxylic acids is 1. The van der Waals surface area contributed by atoms with Crippen molar-refractivity contribution < 1.29 is 4.79 Å². The zero-order chi connectivity index (χ0) is 13.8. The molecule has 0 atom stereocenters. The molecule has 104 valence electrons. The maximum absolute atomic E-state index is 12.1. The van der Waals surface area contributed by atoms with Crippen LogP contribution in [0.25, 0.3) is 0 Å². The van der Waals surface area contributed by atoms with Crippen molar-refractivity contribution in [1.82, 2.24) is 10.2 Å². The molecule has 0 bridgehead atoms. The Labute approximate surface area is 119 Å². The number of nitrogens with zero attached hydrogens (tertiary/aromatic N) is 1. The lowest BCUT2D eigenvalue weighted by Gasteiger charge is -2.32. The molecule has 0 spiro atoms. The van der Waals surface area contributed by atoms with Gasteiger partial charge >= 0.3 is 0 Å². The van der Waals surface area contributed by atoms with Crippen molar-refractivity contribution in [3.05, 3.63) is 34.0 Å². The van der Waals surface area contributed by atoms with Gasteiger partial charge in [0.15, 0.2) is 0 Å². The van der Waals surface area contributed by atoms with Crippen LogP contribution in [0.15, 0.2) is 24.3 Å². The van der Waals surface area contributed by atoms with E-state index in [1.165, 1.54) is 10.5 Å². The van der Waals surface area contributed by atoms with Gasteiger partial charge in [0, 0.05) is 30.6 Å². The van der Waals surface area contributed by atoms with Gasteiger partial charge in [0.05, 0.1) is 4.88 Å². The lowest BCUT2D eigenvalue weighted by Crippen LogP contribution is -2.44. The molecule has 0 saturated carbocycles. The molecule has 1 amide bonds. The first-order valence-electron chi connectivity index (χ1n) is 6.78. The minimum Gasteiger partial charge on any atom is -0.349 e. The van der Waals surface area contributed by atoms with E-state index in [0.717, 1.165) is 37.4 Å². The molecule has 1 aromatic heterocycles. The van der Waals surface area contributed by atoms with Crippen LogP contribution in [-0.4, -0.2) is 36.5 Å². The first kappa shape index (κ1) is 14.3. The SMILES string of the molecule is C=C(C)CN1CCC(NC(=O)c2ccc(C)s2)CC1. The molecule has 1 aliphatic rings. The molecule has 0 unspecified atom stereocenters. The third-order valence-corrected chi connectivity index (χ3v) is 4.38. The van der Waals surface area contributed by atoms with Crippen molar-refractivity contribution in [2.45, 2.75) is 32.7 Å². The Kier molecular flexibility index (Phi) is 4.77. The number of piperidine rings is 1. The quantitative estimate of drug-likeness (QED) is 0.859. The number of likely N-dealkylation sites (tertiary alicyclic amines) is 1. The molecule has 0 aliphatic carbocycles. The summed E-state index contributed by atoms with van der Waals surface area (Å²) in [6.45, 7) is 11.1. The third-order valence-electron chi connectivity index (χ3n) is 3.38. The van der Waals surface area contributed by atoms with Crippen molar-refractivity contribution >= 4 is 17.2 Å². The van der Waals surface area contributed by atoms with E-state index in [-0.39, 0.29) is 5.91 Å². The van der Waals surface area contributed by atoms with Gasteiger partial charge in [-0.3, -0.25) is 9.69 Å². The fourth-order valence-corrected chi connectivity index (χ4v) is 3.20. The van der Waals surface area contributed by atoms with E-state index >= 15 is 0 Å². The van der Waals surface area contributed by atoms with Crippen LogP contribution < -0.4 is 5.32 Å². The molecule has 1 aliphatic heterocycles. The highest BCUT2D eigenvalue weighted by atomic mass is 32.1. The lowest BCUT2D eigenvalue weighted by molar-refractivity contribution is 0.0917. The molecular formula is C15H22N2OS. The van der Waals surface area contributed by atoms with Crippen LogP contribution in [0.4, 0.5) is 0 Å². The number of thiophene rings is 1. The van der Waals surface area contributed by atoms with Gasteiger partial charge in [-0.1, -0.05) is 12.2 Å². The number of hydrogen-bond acceptors (Lipinski definition) is 3. The monoisotopic (exact) mass is 278 g/mol. The molecular weight excluding hydrogens is 256 g/mol. The van der Waals surface area contributed by atoms with Crippen LogP contribution in [0, 0.1) is 6.92 Å². The van der Waals surface area contributed by atoms with E-state index in [9.17, 15) is 4.79 Å². The van der Waals surface area contributed by atoms with Crippen molar-refractivity contribution in [3.63, 3.8) is 0 Å². The highest BCUT2D eigenvalue weighted by molar-refractivity contribution is 7.13. The summed E-state index contributed by atoms with van der Waals surface area (Å²) in [4.78, 5) is 16.5. The predicted octanol–water partition coefficient (Wildman–Crippen LogP) is 2.83. The fraction of sp³-hybridized carbons (Fsp3) is 0.533. The smallest absolute Gasteiger partial charge is 0.261 e. The van der Waals surface area contributed by atoms with Gasteiger partial charge in [-0.25, -0.2) is 0 Å². The molecule has 1 saturated heterocycles. The highest BCUT2D eigenvalue weighted by Crippen LogP contribution is 2.17. The zero-order valence-corrected chi connectivity index (χ0v) is 12.6. The van der Waals surface area contributed by atoms with Crippen molar-refractivity contribution in [2.75, 3.05) is 19.6 Å². The molecule has 2 rings (SSSR count). The second-order valence-corrected chi connectivity index (χ2v) is 6.68. The second kappa shape index (κ2) is 6.35. The van der Waals surface area contributed by atoms with Crippen LogP contribution in [0.2, 0.25) is 0 Å². The van der Waals surface area contributed by atoms with Gasteiger partial charge in [-0.2, -0.15) is 0 Å². The van der Waals surface area contributed by atoms with Crippen LogP contribution in [0.5, 0.6) is 0 Å². The summed E-state index contributed by atoms with van der Waals surface area (Å²) in [5.74, 6) is 0.0800. The molecule has 0 radical (unpaired) electrons. The summed E-state index contributed by atoms with van der Waals surface area (Å²) in [5, 5.41) is 3.14. The van der Waals surface area contributed by atoms with Crippen molar-refractivity contribution in [2.24, 2.45) is 0 Å². The van der Waals surface area contributed by atoms with E-state index in [0.29, 0.717) is 6.04 Å². The van der Waals surface area contributed by atoms with E-state index < -0.39 is 0 Å². The van der Waals surface area contributed by atoms with Crippen molar-refractivity contribution in [3.8, 4) is 0 Å². The van der Waals surface area contributed by atoms with Gasteiger partial charge in [-0.05, 0) is 38.8 Å². The summed E-state index contributed by atoms with van der Waals surface area (Å²) in [6.07, 6.45) is 2.06. The Hall–Kier alpha value is -1.13. The Morgan fingerprint density at radius 1 is 1.47 bits per heavy atom. The van der Waals surface area contributed by atoms with Crippen LogP contribution >= 0.6 is 11.3 Å². The normalized spacial score (nSPS) is 17.4. The minimum atomic E-state index is 0.0800. The Morgan fingerprint density at radius 3 is 2.68 bits per heavy atom. The topological polar surface area (TPSA) is 32.3 Å². The van der Waals surface area contributed by atoms with Crippen LogP contribution in [0.3, 0.4) is 0 Å². The number of rotatable bonds is 4. The standard InChI is InChI=1S/C15H22N2OS/c1-11(2)10-17-8-6-13(7-9-17)16-15(18)14-5-4-12(3)19-14/h4-5,13H,1,6-10H2,2-3H3,(H,16,18). The fourth-order valence-electron chi connectivity index (χ4n) is 2.43. The van der Waals surface area contributed by atoms with E-state index in [4.69, 9.17) is 0 Å². The second-order valence-electron chi connectivity index (χ2n) is 5.39. The molecule has 1 fully saturated rings. The average molecular weight is 278 g/mol. The number of hydrogen-bond donors (Lipinski definition) is 1. The molecule has 1 N–H and O–H groups in total. The average Bonchev–Trinajstić information content (AvgIpc) is 2.78. The van der Waals surface area contributed by atoms with Gasteiger partial charge in [0.1, 0.15) is 0 Å². The minimum absolute atomic E-state index is 0.0800. The molecule has 19 heavy (non-hydrogen) atoms. The summed E-state index contributed by atoms with van der Waals surface area (Å²) in [5.41, 5.74) is 1.21. The number of aryl methyl sites for hydroxylation is 1. The maximum atomic E-state index is 12.1. The number of carbonyl (C=O) groups is 1. The Balaban J connectivity index is 1.79. The summed E-state index contributed by atoms with van der Waals surface area (Å²) in [6, 6.07) is 4.22. The number of amides is 1. The van der Waals surface area contributed by atoms with E-state index in [1.807, 2.05) is 19.1 Å². The number of nitrogens with one attached hydrogen (secondary N) is 1. The van der Waals surface area contributed by atoms with Crippen LogP contribution in [-0.2, 0) is 0 Å². The Bertz CT molecular complexity index is 458. The first-order valence-corrected chi connectivity index (χ1v) is 7.60. The Morgan fingerprint density at radius 2 is 2.16 bits per heavy atom.